The number of methoxy groups -OCH3 is 1. The smallest absolute Gasteiger partial charge is 0.173 e. The molecule has 2 aromatic rings. The molecular formula is C14H15FN2O2. The Morgan fingerprint density at radius 1 is 1.47 bits per heavy atom. The van der Waals surface area contributed by atoms with Crippen molar-refractivity contribution in [3.05, 3.63) is 35.8 Å². The number of aromatic nitrogens is 1. The van der Waals surface area contributed by atoms with Crippen LogP contribution in [0.4, 0.5) is 4.39 Å². The van der Waals surface area contributed by atoms with E-state index in [1.165, 1.54) is 26.0 Å². The number of hydrogen-bond donors (Lipinski definition) is 1. The number of rotatable bonds is 5. The van der Waals surface area contributed by atoms with Crippen LogP contribution >= 0.6 is 0 Å². The first-order valence-electron chi connectivity index (χ1n) is 6.30. The highest BCUT2D eigenvalue weighted by Gasteiger charge is 2.21. The van der Waals surface area contributed by atoms with Crippen LogP contribution < -0.4 is 10.1 Å². The van der Waals surface area contributed by atoms with Crippen LogP contribution in [-0.2, 0) is 6.54 Å². The molecule has 0 radical (unpaired) electrons. The molecule has 1 N–H and O–H groups in total. The van der Waals surface area contributed by atoms with Gasteiger partial charge in [-0.3, -0.25) is 0 Å². The van der Waals surface area contributed by atoms with Gasteiger partial charge in [0, 0.05) is 18.7 Å². The highest BCUT2D eigenvalue weighted by Crippen LogP contribution is 2.32. The van der Waals surface area contributed by atoms with E-state index < -0.39 is 0 Å². The maximum absolute atomic E-state index is 13.9. The lowest BCUT2D eigenvalue weighted by atomic mass is 10.1. The second kappa shape index (κ2) is 5.01. The molecule has 0 unspecified atom stereocenters. The van der Waals surface area contributed by atoms with Crippen molar-refractivity contribution in [3.8, 4) is 17.1 Å². The van der Waals surface area contributed by atoms with E-state index in [1.54, 1.807) is 18.2 Å². The Kier molecular flexibility index (Phi) is 3.21. The Balaban J connectivity index is 1.84. The van der Waals surface area contributed by atoms with Gasteiger partial charge in [-0.15, -0.1) is 0 Å². The van der Waals surface area contributed by atoms with Crippen LogP contribution in [0.5, 0.6) is 5.75 Å². The molecule has 1 aliphatic rings. The van der Waals surface area contributed by atoms with Crippen LogP contribution in [-0.4, -0.2) is 18.3 Å². The third-order valence-corrected chi connectivity index (χ3v) is 3.15. The molecule has 0 bridgehead atoms. The van der Waals surface area contributed by atoms with Crippen molar-refractivity contribution in [1.29, 1.82) is 0 Å². The first-order chi connectivity index (χ1) is 9.28. The van der Waals surface area contributed by atoms with Gasteiger partial charge in [-0.25, -0.2) is 4.39 Å². The summed E-state index contributed by atoms with van der Waals surface area (Å²) < 4.78 is 24.2. The SMILES string of the molecule is COc1cccc(F)c1-c1cc(CNC2CC2)no1. The normalized spacial score (nSPS) is 14.6. The topological polar surface area (TPSA) is 47.3 Å². The van der Waals surface area contributed by atoms with Gasteiger partial charge in [0.05, 0.1) is 18.4 Å². The summed E-state index contributed by atoms with van der Waals surface area (Å²) in [7, 11) is 1.50. The van der Waals surface area contributed by atoms with E-state index in [-0.39, 0.29) is 5.82 Å². The summed E-state index contributed by atoms with van der Waals surface area (Å²) >= 11 is 0. The van der Waals surface area contributed by atoms with Gasteiger partial charge in [-0.1, -0.05) is 11.2 Å². The Bertz CT molecular complexity index is 579. The summed E-state index contributed by atoms with van der Waals surface area (Å²) in [4.78, 5) is 0. The van der Waals surface area contributed by atoms with Crippen molar-refractivity contribution in [2.45, 2.75) is 25.4 Å². The predicted molar refractivity (Wildman–Crippen MR) is 68.3 cm³/mol. The summed E-state index contributed by atoms with van der Waals surface area (Å²) in [5, 5.41) is 7.28. The van der Waals surface area contributed by atoms with Gasteiger partial charge >= 0.3 is 0 Å². The zero-order valence-corrected chi connectivity index (χ0v) is 10.6. The molecule has 0 spiro atoms. The van der Waals surface area contributed by atoms with E-state index in [2.05, 4.69) is 10.5 Å². The zero-order chi connectivity index (χ0) is 13.2. The van der Waals surface area contributed by atoms with E-state index >= 15 is 0 Å². The fourth-order valence-corrected chi connectivity index (χ4v) is 1.96. The summed E-state index contributed by atoms with van der Waals surface area (Å²) in [5.41, 5.74) is 1.09. The van der Waals surface area contributed by atoms with Gasteiger partial charge in [0.2, 0.25) is 0 Å². The van der Waals surface area contributed by atoms with Crippen molar-refractivity contribution >= 4 is 0 Å². The predicted octanol–water partition coefficient (Wildman–Crippen LogP) is 2.74. The standard InChI is InChI=1S/C14H15FN2O2/c1-18-12-4-2-3-11(15)14(12)13-7-10(17-19-13)8-16-9-5-6-9/h2-4,7,9,16H,5-6,8H2,1H3. The minimum Gasteiger partial charge on any atom is -0.496 e. The zero-order valence-electron chi connectivity index (χ0n) is 10.6. The third-order valence-electron chi connectivity index (χ3n) is 3.15. The number of benzene rings is 1. The van der Waals surface area contributed by atoms with Gasteiger partial charge in [-0.2, -0.15) is 0 Å². The first-order valence-corrected chi connectivity index (χ1v) is 6.30. The lowest BCUT2D eigenvalue weighted by molar-refractivity contribution is 0.398. The van der Waals surface area contributed by atoms with Crippen LogP contribution in [0.3, 0.4) is 0 Å². The van der Waals surface area contributed by atoms with Crippen LogP contribution in [0.25, 0.3) is 11.3 Å². The van der Waals surface area contributed by atoms with Gasteiger partial charge in [0.15, 0.2) is 5.76 Å². The monoisotopic (exact) mass is 262 g/mol. The van der Waals surface area contributed by atoms with Crippen LogP contribution in [0.15, 0.2) is 28.8 Å². The van der Waals surface area contributed by atoms with Gasteiger partial charge in [-0.05, 0) is 25.0 Å². The Labute approximate surface area is 110 Å². The fraction of sp³-hybridized carbons (Fsp3) is 0.357. The van der Waals surface area contributed by atoms with Gasteiger partial charge < -0.3 is 14.6 Å². The molecule has 1 heterocycles. The summed E-state index contributed by atoms with van der Waals surface area (Å²) in [6.07, 6.45) is 2.43. The van der Waals surface area contributed by atoms with Crippen molar-refractivity contribution in [1.82, 2.24) is 10.5 Å². The third kappa shape index (κ3) is 2.61. The van der Waals surface area contributed by atoms with E-state index in [0.29, 0.717) is 29.7 Å². The Morgan fingerprint density at radius 2 is 2.32 bits per heavy atom. The number of nitrogens with one attached hydrogen (secondary N) is 1. The van der Waals surface area contributed by atoms with Gasteiger partial charge in [0.25, 0.3) is 0 Å². The molecule has 1 saturated carbocycles. The van der Waals surface area contributed by atoms with E-state index in [4.69, 9.17) is 9.26 Å². The molecule has 0 amide bonds. The molecule has 0 aliphatic heterocycles. The maximum atomic E-state index is 13.9. The van der Waals surface area contributed by atoms with E-state index in [1.807, 2.05) is 0 Å². The van der Waals surface area contributed by atoms with Gasteiger partial charge in [0.1, 0.15) is 11.6 Å². The minimum absolute atomic E-state index is 0.315. The molecule has 5 heteroatoms. The van der Waals surface area contributed by atoms with E-state index in [9.17, 15) is 4.39 Å². The lowest BCUT2D eigenvalue weighted by Crippen LogP contribution is -2.15. The average Bonchev–Trinajstić information content (AvgIpc) is 3.14. The summed E-state index contributed by atoms with van der Waals surface area (Å²) in [6, 6.07) is 7.02. The molecule has 4 nitrogen and oxygen atoms in total. The largest absolute Gasteiger partial charge is 0.496 e. The van der Waals surface area contributed by atoms with Crippen molar-refractivity contribution in [3.63, 3.8) is 0 Å². The number of ether oxygens (including phenoxy) is 1. The lowest BCUT2D eigenvalue weighted by Gasteiger charge is -2.05. The molecule has 1 aliphatic carbocycles. The molecule has 1 aromatic carbocycles. The molecule has 19 heavy (non-hydrogen) atoms. The number of nitrogens with zero attached hydrogens (tertiary/aromatic N) is 1. The highest BCUT2D eigenvalue weighted by molar-refractivity contribution is 5.66. The average molecular weight is 262 g/mol. The summed E-state index contributed by atoms with van der Waals surface area (Å²) in [6.45, 7) is 0.644. The minimum atomic E-state index is -0.378. The number of hydrogen-bond acceptors (Lipinski definition) is 4. The Morgan fingerprint density at radius 3 is 3.05 bits per heavy atom. The van der Waals surface area contributed by atoms with Crippen molar-refractivity contribution in [2.24, 2.45) is 0 Å². The molecular weight excluding hydrogens is 247 g/mol. The first kappa shape index (κ1) is 12.2. The van der Waals surface area contributed by atoms with Crippen molar-refractivity contribution < 1.29 is 13.7 Å². The van der Waals surface area contributed by atoms with Crippen LogP contribution in [0.1, 0.15) is 18.5 Å². The molecule has 1 aromatic heterocycles. The maximum Gasteiger partial charge on any atom is 0.173 e. The molecule has 3 rings (SSSR count). The molecule has 0 atom stereocenters. The molecule has 1 fully saturated rings. The fourth-order valence-electron chi connectivity index (χ4n) is 1.96. The molecule has 0 saturated heterocycles. The van der Waals surface area contributed by atoms with Crippen molar-refractivity contribution in [2.75, 3.05) is 7.11 Å². The number of halogens is 1. The quantitative estimate of drug-likeness (QED) is 0.900. The second-order valence-corrected chi connectivity index (χ2v) is 4.65. The summed E-state index contributed by atoms with van der Waals surface area (Å²) in [5.74, 6) is 0.456. The Hall–Kier alpha value is -1.88. The van der Waals surface area contributed by atoms with Crippen LogP contribution in [0.2, 0.25) is 0 Å². The van der Waals surface area contributed by atoms with E-state index in [0.717, 1.165) is 5.69 Å². The van der Waals surface area contributed by atoms with Crippen LogP contribution in [0, 0.1) is 5.82 Å². The second-order valence-electron chi connectivity index (χ2n) is 4.65. The highest BCUT2D eigenvalue weighted by atomic mass is 19.1. The molecule has 100 valence electrons.